The van der Waals surface area contributed by atoms with E-state index in [0.29, 0.717) is 36.4 Å². The van der Waals surface area contributed by atoms with Gasteiger partial charge in [0.15, 0.2) is 5.78 Å². The van der Waals surface area contributed by atoms with Crippen LogP contribution < -0.4 is 10.6 Å². The summed E-state index contributed by atoms with van der Waals surface area (Å²) in [5, 5.41) is 15.7. The summed E-state index contributed by atoms with van der Waals surface area (Å²) in [6.45, 7) is 1.81. The molecular formula is C25H30F3N5O2. The number of aromatic amines is 1. The Morgan fingerprint density at radius 2 is 2.09 bits per heavy atom. The van der Waals surface area contributed by atoms with Gasteiger partial charge in [0.05, 0.1) is 23.8 Å². The Balaban J connectivity index is 1.60. The number of hydrogen-bond acceptors (Lipinski definition) is 6. The standard InChI is InChI=1S/C25H30F3N5O2/c1-2-15(14-34)31-19-5-3-4-12-29-24-21(19)18(13-30-24)22(35)17-6-7-20(33-23(17)26)32-16-8-10-25(27,28)11-9-16/h4,6-7,12-13,15-16,29-30,34H,2-3,5,8-11,14H2,1H3,(H,32,33). The van der Waals surface area contributed by atoms with E-state index in [-0.39, 0.29) is 61.3 Å². The van der Waals surface area contributed by atoms with Gasteiger partial charge >= 0.3 is 0 Å². The normalized spacial score (nSPS) is 20.0. The van der Waals surface area contributed by atoms with Gasteiger partial charge in [-0.1, -0.05) is 13.0 Å². The third-order valence-electron chi connectivity index (χ3n) is 6.49. The Bertz CT molecular complexity index is 1110. The summed E-state index contributed by atoms with van der Waals surface area (Å²) in [5.74, 6) is -3.36. The number of nitrogens with one attached hydrogen (secondary N) is 3. The molecule has 4 rings (SSSR count). The fourth-order valence-corrected chi connectivity index (χ4v) is 4.42. The second kappa shape index (κ2) is 10.6. The number of ketones is 1. The lowest BCUT2D eigenvalue weighted by Crippen LogP contribution is -2.32. The van der Waals surface area contributed by atoms with Gasteiger partial charge in [0.1, 0.15) is 11.6 Å². The molecule has 0 bridgehead atoms. The van der Waals surface area contributed by atoms with Crippen LogP contribution in [0.5, 0.6) is 0 Å². The zero-order valence-corrected chi connectivity index (χ0v) is 19.6. The maximum atomic E-state index is 15.0. The highest BCUT2D eigenvalue weighted by molar-refractivity contribution is 6.19. The fraction of sp³-hybridized carbons (Fsp3) is 0.480. The van der Waals surface area contributed by atoms with Crippen LogP contribution in [0.1, 0.15) is 73.4 Å². The molecule has 0 aromatic carbocycles. The van der Waals surface area contributed by atoms with Crippen molar-refractivity contribution in [3.63, 3.8) is 0 Å². The number of fused-ring (bicyclic) bond motifs is 1. The van der Waals surface area contributed by atoms with E-state index in [9.17, 15) is 23.1 Å². The number of hydrogen-bond donors (Lipinski definition) is 4. The van der Waals surface area contributed by atoms with Gasteiger partial charge < -0.3 is 20.7 Å². The van der Waals surface area contributed by atoms with Crippen LogP contribution in [0.4, 0.5) is 24.8 Å². The van der Waals surface area contributed by atoms with Crippen LogP contribution in [0.3, 0.4) is 0 Å². The molecule has 2 aromatic rings. The molecule has 0 amide bonds. The van der Waals surface area contributed by atoms with E-state index in [0.717, 1.165) is 0 Å². The van der Waals surface area contributed by atoms with Gasteiger partial charge in [0, 0.05) is 36.4 Å². The molecule has 188 valence electrons. The summed E-state index contributed by atoms with van der Waals surface area (Å²) in [7, 11) is 0. The van der Waals surface area contributed by atoms with Gasteiger partial charge in [-0.05, 0) is 50.4 Å². The number of aliphatic hydroxyl groups is 1. The maximum Gasteiger partial charge on any atom is 0.248 e. The van der Waals surface area contributed by atoms with Crippen LogP contribution in [-0.2, 0) is 0 Å². The molecule has 0 saturated heterocycles. The summed E-state index contributed by atoms with van der Waals surface area (Å²) in [4.78, 5) is 25.0. The number of pyridine rings is 1. The lowest BCUT2D eigenvalue weighted by Gasteiger charge is -2.29. The van der Waals surface area contributed by atoms with Crippen LogP contribution in [0.2, 0.25) is 0 Å². The average Bonchev–Trinajstić information content (AvgIpc) is 3.23. The zero-order chi connectivity index (χ0) is 25.0. The van der Waals surface area contributed by atoms with Crippen molar-refractivity contribution < 1.29 is 23.1 Å². The van der Waals surface area contributed by atoms with E-state index in [1.54, 1.807) is 6.20 Å². The molecule has 2 aliphatic rings. The predicted molar refractivity (Wildman–Crippen MR) is 129 cm³/mol. The zero-order valence-electron chi connectivity index (χ0n) is 19.6. The van der Waals surface area contributed by atoms with Crippen molar-refractivity contribution in [3.05, 3.63) is 53.2 Å². The minimum absolute atomic E-state index is 0.113. The second-order valence-electron chi connectivity index (χ2n) is 9.00. The molecule has 35 heavy (non-hydrogen) atoms. The van der Waals surface area contributed by atoms with Crippen molar-refractivity contribution >= 4 is 23.1 Å². The molecule has 7 nitrogen and oxygen atoms in total. The molecule has 1 atom stereocenters. The van der Waals surface area contributed by atoms with Crippen molar-refractivity contribution in [2.45, 2.75) is 69.9 Å². The van der Waals surface area contributed by atoms with Crippen LogP contribution >= 0.6 is 0 Å². The Hall–Kier alpha value is -3.14. The highest BCUT2D eigenvalue weighted by atomic mass is 19.3. The maximum absolute atomic E-state index is 15.0. The van der Waals surface area contributed by atoms with Gasteiger partial charge in [-0.3, -0.25) is 9.79 Å². The number of alkyl halides is 2. The Kier molecular flexibility index (Phi) is 7.59. The van der Waals surface area contributed by atoms with E-state index in [2.05, 4.69) is 25.6 Å². The lowest BCUT2D eigenvalue weighted by molar-refractivity contribution is -0.0361. The van der Waals surface area contributed by atoms with Crippen LogP contribution in [0.15, 0.2) is 35.6 Å². The monoisotopic (exact) mass is 489 g/mol. The number of aliphatic hydroxyl groups excluding tert-OH is 1. The Labute approximate surface area is 202 Å². The lowest BCUT2D eigenvalue weighted by atomic mass is 9.92. The molecule has 1 aliphatic carbocycles. The second-order valence-corrected chi connectivity index (χ2v) is 9.00. The van der Waals surface area contributed by atoms with Gasteiger partial charge in [0.25, 0.3) is 0 Å². The summed E-state index contributed by atoms with van der Waals surface area (Å²) in [6.07, 6.45) is 7.22. The van der Waals surface area contributed by atoms with Gasteiger partial charge in [-0.25, -0.2) is 13.8 Å². The minimum Gasteiger partial charge on any atom is -0.394 e. The van der Waals surface area contributed by atoms with Gasteiger partial charge in [0.2, 0.25) is 11.9 Å². The highest BCUT2D eigenvalue weighted by Crippen LogP contribution is 2.34. The van der Waals surface area contributed by atoms with Crippen LogP contribution in [0.25, 0.3) is 0 Å². The molecule has 1 saturated carbocycles. The van der Waals surface area contributed by atoms with E-state index in [1.165, 1.54) is 18.3 Å². The molecular weight excluding hydrogens is 459 g/mol. The number of aliphatic imine (C=N–C) groups is 1. The smallest absolute Gasteiger partial charge is 0.248 e. The molecule has 10 heteroatoms. The number of allylic oxidation sites excluding steroid dienone is 1. The molecule has 1 fully saturated rings. The first-order chi connectivity index (χ1) is 16.8. The molecule has 1 aliphatic heterocycles. The summed E-state index contributed by atoms with van der Waals surface area (Å²) >= 11 is 0. The summed E-state index contributed by atoms with van der Waals surface area (Å²) < 4.78 is 41.8. The van der Waals surface area contributed by atoms with E-state index in [1.807, 2.05) is 13.0 Å². The molecule has 0 radical (unpaired) electrons. The first-order valence-corrected chi connectivity index (χ1v) is 12.0. The number of H-pyrrole nitrogens is 1. The van der Waals surface area contributed by atoms with Crippen molar-refractivity contribution in [2.24, 2.45) is 4.99 Å². The molecule has 3 heterocycles. The molecule has 1 unspecified atom stereocenters. The molecule has 2 aromatic heterocycles. The summed E-state index contributed by atoms with van der Waals surface area (Å²) in [6, 6.07) is 2.33. The number of aromatic nitrogens is 2. The van der Waals surface area contributed by atoms with Crippen molar-refractivity contribution in [1.82, 2.24) is 9.97 Å². The van der Waals surface area contributed by atoms with Crippen molar-refractivity contribution in [2.75, 3.05) is 17.2 Å². The van der Waals surface area contributed by atoms with E-state index < -0.39 is 17.7 Å². The third kappa shape index (κ3) is 5.75. The molecule has 0 spiro atoms. The number of carbonyl (C=O) groups excluding carboxylic acids is 1. The number of carbonyl (C=O) groups is 1. The molecule has 4 N–H and O–H groups in total. The average molecular weight is 490 g/mol. The van der Waals surface area contributed by atoms with E-state index >= 15 is 0 Å². The summed E-state index contributed by atoms with van der Waals surface area (Å²) in [5.41, 5.74) is 1.27. The SMILES string of the molecule is CCC(CO)N=C1CCC=CNc2[nH]cc(C(=O)c3ccc(NC4CCC(F)(F)CC4)nc3F)c21. The Morgan fingerprint density at radius 3 is 2.77 bits per heavy atom. The van der Waals surface area contributed by atoms with Crippen LogP contribution in [-0.4, -0.2) is 51.2 Å². The van der Waals surface area contributed by atoms with Crippen LogP contribution in [0, 0.1) is 5.95 Å². The first-order valence-electron chi connectivity index (χ1n) is 12.0. The number of rotatable bonds is 7. The largest absolute Gasteiger partial charge is 0.394 e. The third-order valence-corrected chi connectivity index (χ3v) is 6.49. The topological polar surface area (TPSA) is 102 Å². The van der Waals surface area contributed by atoms with Gasteiger partial charge in [-0.2, -0.15) is 4.39 Å². The first kappa shape index (κ1) is 25.0. The Morgan fingerprint density at radius 1 is 1.31 bits per heavy atom. The fourth-order valence-electron chi connectivity index (χ4n) is 4.42. The van der Waals surface area contributed by atoms with Crippen molar-refractivity contribution in [1.29, 1.82) is 0 Å². The number of anilines is 2. The highest BCUT2D eigenvalue weighted by Gasteiger charge is 2.35. The predicted octanol–water partition coefficient (Wildman–Crippen LogP) is 5.05. The minimum atomic E-state index is -2.65. The number of nitrogens with zero attached hydrogens (tertiary/aromatic N) is 2. The van der Waals surface area contributed by atoms with Crippen molar-refractivity contribution in [3.8, 4) is 0 Å². The van der Waals surface area contributed by atoms with Gasteiger partial charge in [-0.15, -0.1) is 0 Å². The number of halogens is 3. The quantitative estimate of drug-likeness (QED) is 0.322. The van der Waals surface area contributed by atoms with E-state index in [4.69, 9.17) is 0 Å².